The second kappa shape index (κ2) is 3.62. The van der Waals surface area contributed by atoms with Crippen LogP contribution in [0.3, 0.4) is 0 Å². The van der Waals surface area contributed by atoms with Crippen LogP contribution in [0, 0.1) is 0 Å². The highest BCUT2D eigenvalue weighted by atomic mass is 15.2. The molecule has 0 amide bonds. The Balaban J connectivity index is 1.96. The molecule has 0 bridgehead atoms. The van der Waals surface area contributed by atoms with E-state index >= 15 is 0 Å². The molecule has 0 saturated carbocycles. The number of rotatable bonds is 0. The van der Waals surface area contributed by atoms with Gasteiger partial charge in [0.1, 0.15) is 0 Å². The monoisotopic (exact) mass is 202 g/mol. The maximum absolute atomic E-state index is 6.07. The molecule has 1 saturated heterocycles. The van der Waals surface area contributed by atoms with Crippen molar-refractivity contribution in [3.63, 3.8) is 0 Å². The van der Waals surface area contributed by atoms with E-state index in [0.717, 1.165) is 6.42 Å². The van der Waals surface area contributed by atoms with Crippen LogP contribution in [0.4, 0.5) is 0 Å². The molecule has 3 rings (SSSR count). The summed E-state index contributed by atoms with van der Waals surface area (Å²) in [5.74, 6) is 0. The summed E-state index contributed by atoms with van der Waals surface area (Å²) >= 11 is 0. The Labute approximate surface area is 91.1 Å². The number of piperidine rings is 1. The molecule has 1 aromatic rings. The predicted molar refractivity (Wildman–Crippen MR) is 61.7 cm³/mol. The van der Waals surface area contributed by atoms with Gasteiger partial charge >= 0.3 is 0 Å². The lowest BCUT2D eigenvalue weighted by Gasteiger charge is -2.42. The molecule has 2 heterocycles. The van der Waals surface area contributed by atoms with Gasteiger partial charge in [0.25, 0.3) is 0 Å². The molecule has 2 atom stereocenters. The van der Waals surface area contributed by atoms with Gasteiger partial charge in [-0.25, -0.2) is 0 Å². The predicted octanol–water partition coefficient (Wildman–Crippen LogP) is 1.71. The normalized spacial score (nSPS) is 30.7. The van der Waals surface area contributed by atoms with Gasteiger partial charge in [0, 0.05) is 25.2 Å². The minimum atomic E-state index is 0.400. The zero-order valence-electron chi connectivity index (χ0n) is 9.02. The van der Waals surface area contributed by atoms with Gasteiger partial charge in [-0.2, -0.15) is 0 Å². The number of hydrogen-bond acceptors (Lipinski definition) is 2. The molecule has 2 aliphatic heterocycles. The van der Waals surface area contributed by atoms with Gasteiger partial charge in [-0.05, 0) is 30.4 Å². The van der Waals surface area contributed by atoms with Crippen LogP contribution < -0.4 is 5.73 Å². The van der Waals surface area contributed by atoms with E-state index in [4.69, 9.17) is 5.73 Å². The summed E-state index contributed by atoms with van der Waals surface area (Å²) in [6.07, 6.45) is 3.51. The highest BCUT2D eigenvalue weighted by Gasteiger charge is 2.31. The van der Waals surface area contributed by atoms with E-state index < -0.39 is 0 Å². The quantitative estimate of drug-likeness (QED) is 0.694. The third kappa shape index (κ3) is 1.58. The molecule has 1 aromatic carbocycles. The Morgan fingerprint density at radius 2 is 2.07 bits per heavy atom. The Morgan fingerprint density at radius 3 is 3.00 bits per heavy atom. The molecule has 0 aromatic heterocycles. The fourth-order valence-corrected chi connectivity index (χ4v) is 2.98. The molecule has 15 heavy (non-hydrogen) atoms. The van der Waals surface area contributed by atoms with Crippen LogP contribution in [0.5, 0.6) is 0 Å². The van der Waals surface area contributed by atoms with Crippen LogP contribution in [-0.4, -0.2) is 24.0 Å². The van der Waals surface area contributed by atoms with E-state index in [0.29, 0.717) is 12.1 Å². The van der Waals surface area contributed by atoms with Gasteiger partial charge in [0.2, 0.25) is 0 Å². The molecular formula is C13H18N2. The van der Waals surface area contributed by atoms with Crippen LogP contribution >= 0.6 is 0 Å². The number of nitrogens with two attached hydrogens (primary N) is 1. The van der Waals surface area contributed by atoms with Crippen molar-refractivity contribution < 1.29 is 0 Å². The van der Waals surface area contributed by atoms with E-state index in [2.05, 4.69) is 29.2 Å². The van der Waals surface area contributed by atoms with Crippen LogP contribution in [0.15, 0.2) is 24.3 Å². The fraction of sp³-hybridized carbons (Fsp3) is 0.538. The summed E-state index contributed by atoms with van der Waals surface area (Å²) in [4.78, 5) is 2.60. The zero-order chi connectivity index (χ0) is 10.3. The Kier molecular flexibility index (Phi) is 2.26. The summed E-state index contributed by atoms with van der Waals surface area (Å²) < 4.78 is 0. The van der Waals surface area contributed by atoms with Crippen molar-refractivity contribution in [1.29, 1.82) is 0 Å². The minimum Gasteiger partial charge on any atom is -0.328 e. The third-order valence-electron chi connectivity index (χ3n) is 3.84. The standard InChI is InChI=1S/C13H18N2/c14-11-6-8-15-7-5-10-3-1-2-4-12(10)13(15)9-11/h1-4,11,13H,5-9,14H2/t11-,13-/m0/s1. The maximum Gasteiger partial charge on any atom is 0.0365 e. The van der Waals surface area contributed by atoms with Gasteiger partial charge in [-0.1, -0.05) is 24.3 Å². The summed E-state index contributed by atoms with van der Waals surface area (Å²) in [5.41, 5.74) is 9.13. The van der Waals surface area contributed by atoms with E-state index in [1.165, 1.54) is 37.1 Å². The van der Waals surface area contributed by atoms with E-state index in [9.17, 15) is 0 Å². The van der Waals surface area contributed by atoms with Crippen molar-refractivity contribution >= 4 is 0 Å². The minimum absolute atomic E-state index is 0.400. The van der Waals surface area contributed by atoms with E-state index in [1.54, 1.807) is 0 Å². The number of hydrogen-bond donors (Lipinski definition) is 1. The van der Waals surface area contributed by atoms with Gasteiger partial charge < -0.3 is 5.73 Å². The van der Waals surface area contributed by atoms with Crippen molar-refractivity contribution in [1.82, 2.24) is 4.90 Å². The molecule has 0 spiro atoms. The fourth-order valence-electron chi connectivity index (χ4n) is 2.98. The first kappa shape index (κ1) is 9.37. The lowest BCUT2D eigenvalue weighted by atomic mass is 9.85. The maximum atomic E-state index is 6.07. The zero-order valence-corrected chi connectivity index (χ0v) is 9.02. The molecule has 0 unspecified atom stereocenters. The van der Waals surface area contributed by atoms with Crippen LogP contribution in [0.1, 0.15) is 30.0 Å². The topological polar surface area (TPSA) is 29.3 Å². The molecule has 80 valence electrons. The van der Waals surface area contributed by atoms with E-state index in [1.807, 2.05) is 0 Å². The second-order valence-electron chi connectivity index (χ2n) is 4.79. The molecule has 1 fully saturated rings. The summed E-state index contributed by atoms with van der Waals surface area (Å²) in [6, 6.07) is 9.85. The molecule has 2 aliphatic rings. The van der Waals surface area contributed by atoms with Crippen molar-refractivity contribution in [2.24, 2.45) is 5.73 Å². The number of fused-ring (bicyclic) bond motifs is 3. The van der Waals surface area contributed by atoms with Crippen LogP contribution in [0.25, 0.3) is 0 Å². The SMILES string of the molecule is N[C@H]1CCN2CCc3ccccc3[C@@H]2C1. The highest BCUT2D eigenvalue weighted by molar-refractivity contribution is 5.33. The van der Waals surface area contributed by atoms with Gasteiger partial charge in [0.15, 0.2) is 0 Å². The Bertz CT molecular complexity index is 361. The van der Waals surface area contributed by atoms with Crippen molar-refractivity contribution in [2.45, 2.75) is 31.3 Å². The van der Waals surface area contributed by atoms with E-state index in [-0.39, 0.29) is 0 Å². The van der Waals surface area contributed by atoms with Gasteiger partial charge in [-0.3, -0.25) is 4.90 Å². The second-order valence-corrected chi connectivity index (χ2v) is 4.79. The van der Waals surface area contributed by atoms with Crippen LogP contribution in [-0.2, 0) is 6.42 Å². The Hall–Kier alpha value is -0.860. The first-order valence-electron chi connectivity index (χ1n) is 5.92. The summed E-state index contributed by atoms with van der Waals surface area (Å²) in [5, 5.41) is 0. The van der Waals surface area contributed by atoms with Gasteiger partial charge in [-0.15, -0.1) is 0 Å². The number of nitrogens with zero attached hydrogens (tertiary/aromatic N) is 1. The van der Waals surface area contributed by atoms with Crippen LogP contribution in [0.2, 0.25) is 0 Å². The molecule has 2 N–H and O–H groups in total. The highest BCUT2D eigenvalue weighted by Crippen LogP contribution is 2.35. The molecule has 0 radical (unpaired) electrons. The van der Waals surface area contributed by atoms with Crippen molar-refractivity contribution in [3.05, 3.63) is 35.4 Å². The average molecular weight is 202 g/mol. The molecule has 0 aliphatic carbocycles. The Morgan fingerprint density at radius 1 is 1.20 bits per heavy atom. The molecule has 2 heteroatoms. The lowest BCUT2D eigenvalue weighted by Crippen LogP contribution is -2.45. The summed E-state index contributed by atoms with van der Waals surface area (Å²) in [6.45, 7) is 2.40. The first-order chi connectivity index (χ1) is 7.34. The number of benzene rings is 1. The largest absolute Gasteiger partial charge is 0.328 e. The lowest BCUT2D eigenvalue weighted by molar-refractivity contribution is 0.126. The smallest absolute Gasteiger partial charge is 0.0365 e. The molecular weight excluding hydrogens is 184 g/mol. The van der Waals surface area contributed by atoms with Gasteiger partial charge in [0.05, 0.1) is 0 Å². The summed E-state index contributed by atoms with van der Waals surface area (Å²) in [7, 11) is 0. The van der Waals surface area contributed by atoms with Crippen molar-refractivity contribution in [3.8, 4) is 0 Å². The average Bonchev–Trinajstić information content (AvgIpc) is 2.29. The van der Waals surface area contributed by atoms with Crippen molar-refractivity contribution in [2.75, 3.05) is 13.1 Å². The molecule has 2 nitrogen and oxygen atoms in total. The third-order valence-corrected chi connectivity index (χ3v) is 3.84. The first-order valence-corrected chi connectivity index (χ1v) is 5.92.